The molecule has 134 valence electrons. The van der Waals surface area contributed by atoms with Gasteiger partial charge in [-0.25, -0.2) is 4.79 Å². The van der Waals surface area contributed by atoms with Crippen molar-refractivity contribution in [3.63, 3.8) is 0 Å². The molecule has 0 spiro atoms. The van der Waals surface area contributed by atoms with E-state index in [1.54, 1.807) is 38.1 Å². The second kappa shape index (κ2) is 9.71. The lowest BCUT2D eigenvalue weighted by Gasteiger charge is -2.24. The van der Waals surface area contributed by atoms with Crippen LogP contribution in [0.15, 0.2) is 24.3 Å². The molecule has 0 unspecified atom stereocenters. The zero-order chi connectivity index (χ0) is 18.3. The van der Waals surface area contributed by atoms with Crippen molar-refractivity contribution in [3.8, 4) is 5.75 Å². The van der Waals surface area contributed by atoms with E-state index >= 15 is 0 Å². The van der Waals surface area contributed by atoms with Gasteiger partial charge in [0, 0.05) is 23.8 Å². The molecule has 0 fully saturated rings. The van der Waals surface area contributed by atoms with Gasteiger partial charge in [-0.2, -0.15) is 0 Å². The summed E-state index contributed by atoms with van der Waals surface area (Å²) in [5.74, 6) is -0.714. The lowest BCUT2D eigenvalue weighted by molar-refractivity contribution is -0.138. The van der Waals surface area contributed by atoms with Gasteiger partial charge in [0.05, 0.1) is 0 Å². The van der Waals surface area contributed by atoms with E-state index in [9.17, 15) is 9.59 Å². The lowest BCUT2D eigenvalue weighted by atomic mass is 10.1. The number of nitrogens with two attached hydrogens (primary N) is 1. The number of halogens is 2. The summed E-state index contributed by atoms with van der Waals surface area (Å²) in [6, 6.07) is 5.56. The summed E-state index contributed by atoms with van der Waals surface area (Å²) >= 11 is 11.9. The van der Waals surface area contributed by atoms with E-state index in [1.165, 1.54) is 4.90 Å². The largest absolute Gasteiger partial charge is 0.480 e. The standard InChI is InChI=1S/C16H22Cl2N2O4/c1-10(17)8-20(9-11(2)18)16(23)24-13-5-3-12(4-6-13)7-14(19)15(21)22/h3-6,10-11,14H,7-9,19H2,1-2H3,(H,21,22)/t10-,11-,14+/m1/s1. The van der Waals surface area contributed by atoms with E-state index < -0.39 is 18.1 Å². The fourth-order valence-corrected chi connectivity index (χ4v) is 2.36. The zero-order valence-corrected chi connectivity index (χ0v) is 15.1. The van der Waals surface area contributed by atoms with Gasteiger partial charge in [0.1, 0.15) is 11.8 Å². The average Bonchev–Trinajstić information content (AvgIpc) is 2.47. The number of carboxylic acids is 1. The Morgan fingerprint density at radius 2 is 1.67 bits per heavy atom. The maximum atomic E-state index is 12.2. The van der Waals surface area contributed by atoms with Gasteiger partial charge in [0.15, 0.2) is 0 Å². The highest BCUT2D eigenvalue weighted by Crippen LogP contribution is 2.15. The summed E-state index contributed by atoms with van der Waals surface area (Å²) in [6.07, 6.45) is -0.339. The van der Waals surface area contributed by atoms with Crippen LogP contribution in [0.5, 0.6) is 5.75 Å². The van der Waals surface area contributed by atoms with Crippen molar-refractivity contribution in [2.45, 2.75) is 37.1 Å². The Morgan fingerprint density at radius 1 is 1.17 bits per heavy atom. The highest BCUT2D eigenvalue weighted by Gasteiger charge is 2.20. The second-order valence-electron chi connectivity index (χ2n) is 5.63. The van der Waals surface area contributed by atoms with Gasteiger partial charge in [-0.15, -0.1) is 23.2 Å². The van der Waals surface area contributed by atoms with Crippen molar-refractivity contribution in [2.75, 3.05) is 13.1 Å². The minimum atomic E-state index is -1.06. The van der Waals surface area contributed by atoms with Crippen LogP contribution < -0.4 is 10.5 Å². The van der Waals surface area contributed by atoms with E-state index in [0.29, 0.717) is 18.8 Å². The molecule has 3 atom stereocenters. The summed E-state index contributed by atoms with van der Waals surface area (Å²) in [7, 11) is 0. The Bertz CT molecular complexity index is 540. The van der Waals surface area contributed by atoms with E-state index in [0.717, 1.165) is 5.56 Å². The monoisotopic (exact) mass is 376 g/mol. The van der Waals surface area contributed by atoms with E-state index in [2.05, 4.69) is 0 Å². The number of hydrogen-bond acceptors (Lipinski definition) is 4. The first-order chi connectivity index (χ1) is 11.2. The smallest absolute Gasteiger partial charge is 0.415 e. The topological polar surface area (TPSA) is 92.9 Å². The molecule has 0 radical (unpaired) electrons. The summed E-state index contributed by atoms with van der Waals surface area (Å²) in [6.45, 7) is 4.20. The number of carbonyl (C=O) groups is 2. The molecular formula is C16H22Cl2N2O4. The maximum Gasteiger partial charge on any atom is 0.415 e. The van der Waals surface area contributed by atoms with Crippen LogP contribution in [-0.4, -0.2) is 52.0 Å². The van der Waals surface area contributed by atoms with Gasteiger partial charge in [-0.05, 0) is 38.0 Å². The number of alkyl halides is 2. The molecule has 24 heavy (non-hydrogen) atoms. The van der Waals surface area contributed by atoms with Crippen molar-refractivity contribution in [1.29, 1.82) is 0 Å². The first-order valence-electron chi connectivity index (χ1n) is 7.51. The van der Waals surface area contributed by atoms with Crippen LogP contribution in [0.25, 0.3) is 0 Å². The van der Waals surface area contributed by atoms with Crippen LogP contribution in [-0.2, 0) is 11.2 Å². The molecule has 0 saturated heterocycles. The summed E-state index contributed by atoms with van der Waals surface area (Å²) < 4.78 is 5.31. The number of aliphatic carboxylic acids is 1. The fourth-order valence-electron chi connectivity index (χ4n) is 2.03. The number of carbonyl (C=O) groups excluding carboxylic acids is 1. The Kier molecular flexibility index (Phi) is 8.31. The predicted octanol–water partition coefficient (Wildman–Crippen LogP) is 2.70. The molecule has 6 nitrogen and oxygen atoms in total. The Balaban J connectivity index is 2.69. The molecule has 3 N–H and O–H groups in total. The molecule has 8 heteroatoms. The number of nitrogens with zero attached hydrogens (tertiary/aromatic N) is 1. The fraction of sp³-hybridized carbons (Fsp3) is 0.500. The van der Waals surface area contributed by atoms with E-state index in [-0.39, 0.29) is 17.2 Å². The number of amides is 1. The molecule has 0 aliphatic heterocycles. The number of benzene rings is 1. The minimum Gasteiger partial charge on any atom is -0.480 e. The molecule has 0 aromatic heterocycles. The lowest BCUT2D eigenvalue weighted by Crippen LogP contribution is -2.40. The molecule has 0 aliphatic carbocycles. The first-order valence-corrected chi connectivity index (χ1v) is 8.38. The highest BCUT2D eigenvalue weighted by atomic mass is 35.5. The molecule has 0 heterocycles. The Hall–Kier alpha value is -1.50. The van der Waals surface area contributed by atoms with Crippen molar-refractivity contribution in [1.82, 2.24) is 4.90 Å². The number of rotatable bonds is 8. The summed E-state index contributed by atoms with van der Waals surface area (Å²) in [5.41, 5.74) is 6.22. The molecule has 1 rings (SSSR count). The van der Waals surface area contributed by atoms with Crippen LogP contribution >= 0.6 is 23.2 Å². The van der Waals surface area contributed by atoms with Crippen molar-refractivity contribution >= 4 is 35.3 Å². The molecule has 0 aliphatic rings. The summed E-state index contributed by atoms with van der Waals surface area (Å²) in [4.78, 5) is 24.4. The maximum absolute atomic E-state index is 12.2. The van der Waals surface area contributed by atoms with Crippen LogP contribution in [0.3, 0.4) is 0 Å². The normalized spacial score (nSPS) is 14.5. The van der Waals surface area contributed by atoms with Gasteiger partial charge in [-0.1, -0.05) is 12.1 Å². The third kappa shape index (κ3) is 7.38. The van der Waals surface area contributed by atoms with Gasteiger partial charge in [0.2, 0.25) is 0 Å². The van der Waals surface area contributed by atoms with Crippen molar-refractivity contribution < 1.29 is 19.4 Å². The molecule has 0 bridgehead atoms. The van der Waals surface area contributed by atoms with Crippen molar-refractivity contribution in [2.24, 2.45) is 5.73 Å². The second-order valence-corrected chi connectivity index (χ2v) is 7.12. The average molecular weight is 377 g/mol. The van der Waals surface area contributed by atoms with Gasteiger partial charge in [0.25, 0.3) is 0 Å². The van der Waals surface area contributed by atoms with Crippen LogP contribution in [0.4, 0.5) is 4.79 Å². The van der Waals surface area contributed by atoms with Crippen LogP contribution in [0, 0.1) is 0 Å². The van der Waals surface area contributed by atoms with E-state index in [1.807, 2.05) is 0 Å². The number of carboxylic acid groups (broad SMARTS) is 1. The van der Waals surface area contributed by atoms with Gasteiger partial charge >= 0.3 is 12.1 Å². The minimum absolute atomic E-state index is 0.198. The van der Waals surface area contributed by atoms with Gasteiger partial charge in [-0.3, -0.25) is 4.79 Å². The van der Waals surface area contributed by atoms with Crippen LogP contribution in [0.2, 0.25) is 0 Å². The van der Waals surface area contributed by atoms with E-state index in [4.69, 9.17) is 38.8 Å². The molecule has 1 aromatic carbocycles. The SMILES string of the molecule is C[C@@H](Cl)CN(C[C@@H](C)Cl)C(=O)Oc1ccc(C[C@H](N)C(=O)O)cc1. The highest BCUT2D eigenvalue weighted by molar-refractivity contribution is 6.21. The molecular weight excluding hydrogens is 355 g/mol. The van der Waals surface area contributed by atoms with Gasteiger partial charge < -0.3 is 20.5 Å². The molecule has 1 amide bonds. The Morgan fingerprint density at radius 3 is 2.08 bits per heavy atom. The third-order valence-electron chi connectivity index (χ3n) is 3.10. The van der Waals surface area contributed by atoms with Crippen LogP contribution in [0.1, 0.15) is 19.4 Å². The third-order valence-corrected chi connectivity index (χ3v) is 3.38. The Labute approximate surface area is 151 Å². The quantitative estimate of drug-likeness (QED) is 0.680. The predicted molar refractivity (Wildman–Crippen MR) is 94.0 cm³/mol. The number of hydrogen-bond donors (Lipinski definition) is 2. The summed E-state index contributed by atoms with van der Waals surface area (Å²) in [5, 5.41) is 8.34. The molecule has 0 saturated carbocycles. The molecule has 1 aromatic rings. The first kappa shape index (κ1) is 20.5. The van der Waals surface area contributed by atoms with Crippen molar-refractivity contribution in [3.05, 3.63) is 29.8 Å². The number of ether oxygens (including phenoxy) is 1. The zero-order valence-electron chi connectivity index (χ0n) is 13.6.